The molecule has 0 amide bonds. The fraction of sp³-hybridized carbons (Fsp3) is 0.750. The van der Waals surface area contributed by atoms with Gasteiger partial charge in [-0.15, -0.1) is 0 Å². The number of hydrogen-bond acceptors (Lipinski definition) is 2. The number of rotatable bonds is 1. The standard InChI is InChI=1S/C20H30O2/c1-17(2,3)8-10-20-11-9-19(6,22-7)13-15(20)12-18(4,5)14-16(20)21/h9,11,15H,12-14H2,1-7H3/t15?,19-,20?/m1/s1. The van der Waals surface area contributed by atoms with Gasteiger partial charge in [0.25, 0.3) is 0 Å². The van der Waals surface area contributed by atoms with Crippen LogP contribution >= 0.6 is 0 Å². The van der Waals surface area contributed by atoms with E-state index in [4.69, 9.17) is 4.74 Å². The fourth-order valence-corrected chi connectivity index (χ4v) is 3.69. The molecule has 122 valence electrons. The third-order valence-electron chi connectivity index (χ3n) is 5.00. The predicted molar refractivity (Wildman–Crippen MR) is 90.3 cm³/mol. The molecule has 1 saturated carbocycles. The van der Waals surface area contributed by atoms with E-state index in [0.717, 1.165) is 12.8 Å². The maximum atomic E-state index is 13.0. The average Bonchev–Trinajstić information content (AvgIpc) is 2.35. The molecule has 2 nitrogen and oxygen atoms in total. The quantitative estimate of drug-likeness (QED) is 0.530. The van der Waals surface area contributed by atoms with Crippen molar-refractivity contribution in [3.05, 3.63) is 12.2 Å². The Hall–Kier alpha value is -1.07. The molecule has 0 saturated heterocycles. The number of fused-ring (bicyclic) bond motifs is 1. The zero-order chi connectivity index (χ0) is 16.8. The van der Waals surface area contributed by atoms with Crippen LogP contribution in [0.15, 0.2) is 12.2 Å². The molecule has 0 bridgehead atoms. The zero-order valence-corrected chi connectivity index (χ0v) is 15.2. The van der Waals surface area contributed by atoms with Gasteiger partial charge in [-0.2, -0.15) is 0 Å². The van der Waals surface area contributed by atoms with Gasteiger partial charge in [-0.3, -0.25) is 4.79 Å². The largest absolute Gasteiger partial charge is 0.374 e. The van der Waals surface area contributed by atoms with Crippen LogP contribution in [-0.4, -0.2) is 18.5 Å². The third-order valence-corrected chi connectivity index (χ3v) is 5.00. The van der Waals surface area contributed by atoms with E-state index in [-0.39, 0.29) is 28.1 Å². The Morgan fingerprint density at radius 1 is 1.18 bits per heavy atom. The number of allylic oxidation sites excluding steroid dienone is 1. The van der Waals surface area contributed by atoms with Crippen LogP contribution in [0.5, 0.6) is 0 Å². The molecule has 2 aliphatic carbocycles. The molecule has 2 heteroatoms. The van der Waals surface area contributed by atoms with E-state index in [1.54, 1.807) is 7.11 Å². The van der Waals surface area contributed by atoms with Crippen molar-refractivity contribution < 1.29 is 9.53 Å². The maximum absolute atomic E-state index is 13.0. The van der Waals surface area contributed by atoms with Crippen LogP contribution in [0, 0.1) is 34.0 Å². The molecule has 1 fully saturated rings. The minimum absolute atomic E-state index is 0.0501. The summed E-state index contributed by atoms with van der Waals surface area (Å²) in [5.74, 6) is 7.21. The van der Waals surface area contributed by atoms with Crippen LogP contribution in [0.4, 0.5) is 0 Å². The van der Waals surface area contributed by atoms with Crippen LogP contribution in [0.2, 0.25) is 0 Å². The molecule has 0 N–H and O–H groups in total. The number of ether oxygens (including phenoxy) is 1. The molecule has 0 aromatic carbocycles. The van der Waals surface area contributed by atoms with Crippen molar-refractivity contribution in [3.63, 3.8) is 0 Å². The van der Waals surface area contributed by atoms with E-state index in [9.17, 15) is 4.79 Å². The highest BCUT2D eigenvalue weighted by Gasteiger charge is 2.53. The van der Waals surface area contributed by atoms with Gasteiger partial charge < -0.3 is 4.74 Å². The maximum Gasteiger partial charge on any atom is 0.155 e. The highest BCUT2D eigenvalue weighted by molar-refractivity contribution is 5.92. The van der Waals surface area contributed by atoms with E-state index in [1.165, 1.54) is 0 Å². The van der Waals surface area contributed by atoms with Crippen molar-refractivity contribution in [3.8, 4) is 11.8 Å². The van der Waals surface area contributed by atoms with E-state index in [0.29, 0.717) is 6.42 Å². The van der Waals surface area contributed by atoms with Crippen LogP contribution < -0.4 is 0 Å². The minimum atomic E-state index is -0.610. The summed E-state index contributed by atoms with van der Waals surface area (Å²) >= 11 is 0. The van der Waals surface area contributed by atoms with Crippen molar-refractivity contribution in [2.24, 2.45) is 22.2 Å². The minimum Gasteiger partial charge on any atom is -0.374 e. The van der Waals surface area contributed by atoms with E-state index < -0.39 is 5.41 Å². The molecule has 2 unspecified atom stereocenters. The van der Waals surface area contributed by atoms with Crippen LogP contribution in [-0.2, 0) is 9.53 Å². The van der Waals surface area contributed by atoms with Crippen LogP contribution in [0.1, 0.15) is 60.8 Å². The Bertz CT molecular complexity index is 552. The molecule has 0 radical (unpaired) electrons. The Labute approximate surface area is 135 Å². The van der Waals surface area contributed by atoms with Gasteiger partial charge in [0.1, 0.15) is 5.41 Å². The van der Waals surface area contributed by atoms with Crippen molar-refractivity contribution in [1.82, 2.24) is 0 Å². The van der Waals surface area contributed by atoms with E-state index >= 15 is 0 Å². The third kappa shape index (κ3) is 3.30. The van der Waals surface area contributed by atoms with E-state index in [2.05, 4.69) is 59.5 Å². The van der Waals surface area contributed by atoms with Crippen LogP contribution in [0.3, 0.4) is 0 Å². The summed E-state index contributed by atoms with van der Waals surface area (Å²) in [6, 6.07) is 0. The van der Waals surface area contributed by atoms with Crippen LogP contribution in [0.25, 0.3) is 0 Å². The Morgan fingerprint density at radius 3 is 2.36 bits per heavy atom. The van der Waals surface area contributed by atoms with Gasteiger partial charge in [0.15, 0.2) is 5.78 Å². The lowest BCUT2D eigenvalue weighted by Gasteiger charge is -2.49. The number of carbonyl (C=O) groups is 1. The second-order valence-electron chi connectivity index (χ2n) is 9.09. The number of hydrogen-bond donors (Lipinski definition) is 0. The normalized spacial score (nSPS) is 37.2. The van der Waals surface area contributed by atoms with Gasteiger partial charge in [-0.05, 0) is 51.9 Å². The van der Waals surface area contributed by atoms with E-state index in [1.807, 2.05) is 6.08 Å². The smallest absolute Gasteiger partial charge is 0.155 e. The highest BCUT2D eigenvalue weighted by Crippen LogP contribution is 2.53. The molecular weight excluding hydrogens is 272 g/mol. The first-order valence-corrected chi connectivity index (χ1v) is 8.25. The molecule has 0 aliphatic heterocycles. The SMILES string of the molecule is CO[C@]1(C)C=CC2(C#CC(C)(C)C)C(=O)CC(C)(C)CC2C1. The molecule has 0 aromatic heterocycles. The summed E-state index contributed by atoms with van der Waals surface area (Å²) in [4.78, 5) is 13.0. The van der Waals surface area contributed by atoms with Gasteiger partial charge in [-0.25, -0.2) is 0 Å². The molecule has 22 heavy (non-hydrogen) atoms. The van der Waals surface area contributed by atoms with Gasteiger partial charge >= 0.3 is 0 Å². The fourth-order valence-electron chi connectivity index (χ4n) is 3.69. The Kier molecular flexibility index (Phi) is 4.11. The number of carbonyl (C=O) groups excluding carboxylic acids is 1. The Morgan fingerprint density at radius 2 is 1.82 bits per heavy atom. The predicted octanol–water partition coefficient (Wildman–Crippen LogP) is 4.39. The highest BCUT2D eigenvalue weighted by atomic mass is 16.5. The summed E-state index contributed by atoms with van der Waals surface area (Å²) in [5.41, 5.74) is -0.941. The number of Topliss-reactive ketones (excluding diaryl/α,β-unsaturated/α-hetero) is 1. The average molecular weight is 302 g/mol. The van der Waals surface area contributed by atoms with Crippen molar-refractivity contribution in [1.29, 1.82) is 0 Å². The van der Waals surface area contributed by atoms with Crippen molar-refractivity contribution in [2.75, 3.05) is 7.11 Å². The molecule has 2 aliphatic rings. The second kappa shape index (κ2) is 5.24. The van der Waals surface area contributed by atoms with Gasteiger partial charge in [-0.1, -0.05) is 37.8 Å². The summed E-state index contributed by atoms with van der Waals surface area (Å²) < 4.78 is 5.68. The number of ketones is 1. The zero-order valence-electron chi connectivity index (χ0n) is 15.2. The molecule has 3 atom stereocenters. The lowest BCUT2D eigenvalue weighted by molar-refractivity contribution is -0.135. The van der Waals surface area contributed by atoms with Gasteiger partial charge in [0.2, 0.25) is 0 Å². The van der Waals surface area contributed by atoms with Crippen molar-refractivity contribution in [2.45, 2.75) is 66.4 Å². The first-order valence-electron chi connectivity index (χ1n) is 8.25. The van der Waals surface area contributed by atoms with Crippen molar-refractivity contribution >= 4 is 5.78 Å². The van der Waals surface area contributed by atoms with Gasteiger partial charge in [0.05, 0.1) is 5.60 Å². The summed E-state index contributed by atoms with van der Waals surface area (Å²) in [5, 5.41) is 0. The molecule has 2 rings (SSSR count). The molecule has 0 heterocycles. The topological polar surface area (TPSA) is 26.3 Å². The van der Waals surface area contributed by atoms with Gasteiger partial charge in [0, 0.05) is 18.9 Å². The Balaban J connectivity index is 2.52. The monoisotopic (exact) mass is 302 g/mol. The lowest BCUT2D eigenvalue weighted by atomic mass is 9.54. The first kappa shape index (κ1) is 17.3. The summed E-state index contributed by atoms with van der Waals surface area (Å²) in [6.45, 7) is 12.7. The molecular formula is C20H30O2. The lowest BCUT2D eigenvalue weighted by Crippen LogP contribution is -2.50. The molecule has 0 aromatic rings. The molecule has 0 spiro atoms. The summed E-state index contributed by atoms with van der Waals surface area (Å²) in [7, 11) is 1.74. The number of methoxy groups -OCH3 is 1. The second-order valence-corrected chi connectivity index (χ2v) is 9.09. The first-order chi connectivity index (χ1) is 9.91. The summed E-state index contributed by atoms with van der Waals surface area (Å²) in [6.07, 6.45) is 6.57.